The van der Waals surface area contributed by atoms with Crippen LogP contribution in [-0.4, -0.2) is 32.1 Å². The van der Waals surface area contributed by atoms with Gasteiger partial charge in [-0.1, -0.05) is 11.6 Å². The van der Waals surface area contributed by atoms with Gasteiger partial charge in [-0.15, -0.1) is 11.3 Å². The van der Waals surface area contributed by atoms with E-state index in [0.29, 0.717) is 10.9 Å². The van der Waals surface area contributed by atoms with Crippen LogP contribution in [0.25, 0.3) is 0 Å². The molecule has 15 heavy (non-hydrogen) atoms. The maximum absolute atomic E-state index is 11.6. The number of rotatable bonds is 5. The number of hydrogen-bond acceptors (Lipinski definition) is 4. The largest absolute Gasteiger partial charge is 0.329 e. The van der Waals surface area contributed by atoms with Crippen LogP contribution >= 0.6 is 22.9 Å². The molecule has 2 N–H and O–H groups in total. The van der Waals surface area contributed by atoms with Crippen LogP contribution in [-0.2, 0) is 16.6 Å². The predicted molar refractivity (Wildman–Crippen MR) is 63.6 cm³/mol. The first kappa shape index (κ1) is 12.9. The Hall–Kier alpha value is -0.140. The summed E-state index contributed by atoms with van der Waals surface area (Å²) in [5, 5.41) is 0. The average molecular weight is 269 g/mol. The standard InChI is InChI=1S/C8H13ClN2O2S2/c1-11(15(12,13)5-4-10)6-7-2-3-8(9)14-7/h2-3H,4-6,10H2,1H3. The Kier molecular flexibility index (Phi) is 4.54. The zero-order chi connectivity index (χ0) is 11.5. The molecule has 1 rings (SSSR count). The highest BCUT2D eigenvalue weighted by Gasteiger charge is 2.17. The molecule has 0 saturated carbocycles. The molecule has 0 spiro atoms. The van der Waals surface area contributed by atoms with E-state index in [-0.39, 0.29) is 12.3 Å². The lowest BCUT2D eigenvalue weighted by Gasteiger charge is -2.15. The maximum Gasteiger partial charge on any atom is 0.215 e. The van der Waals surface area contributed by atoms with Crippen molar-refractivity contribution >= 4 is 33.0 Å². The van der Waals surface area contributed by atoms with Crippen molar-refractivity contribution < 1.29 is 8.42 Å². The van der Waals surface area contributed by atoms with Gasteiger partial charge in [-0.05, 0) is 12.1 Å². The molecule has 0 radical (unpaired) electrons. The van der Waals surface area contributed by atoms with Gasteiger partial charge < -0.3 is 5.73 Å². The first-order valence-corrected chi connectivity index (χ1v) is 7.14. The second kappa shape index (κ2) is 5.27. The normalized spacial score (nSPS) is 12.3. The van der Waals surface area contributed by atoms with Crippen LogP contribution in [0.1, 0.15) is 4.88 Å². The van der Waals surface area contributed by atoms with Crippen LogP contribution in [0.2, 0.25) is 4.34 Å². The summed E-state index contributed by atoms with van der Waals surface area (Å²) < 4.78 is 25.1. The minimum atomic E-state index is -3.23. The van der Waals surface area contributed by atoms with E-state index in [2.05, 4.69) is 0 Å². The summed E-state index contributed by atoms with van der Waals surface area (Å²) in [5.41, 5.74) is 5.23. The molecular weight excluding hydrogens is 256 g/mol. The quantitative estimate of drug-likeness (QED) is 0.871. The fourth-order valence-electron chi connectivity index (χ4n) is 1.06. The van der Waals surface area contributed by atoms with E-state index in [1.807, 2.05) is 6.07 Å². The Bertz CT molecular complexity index is 416. The van der Waals surface area contributed by atoms with Crippen molar-refractivity contribution in [1.29, 1.82) is 0 Å². The lowest BCUT2D eigenvalue weighted by molar-refractivity contribution is 0.470. The molecule has 1 aromatic heterocycles. The number of nitrogens with two attached hydrogens (primary N) is 1. The van der Waals surface area contributed by atoms with Crippen LogP contribution in [0, 0.1) is 0 Å². The van der Waals surface area contributed by atoms with Crippen LogP contribution in [0.4, 0.5) is 0 Å². The molecule has 1 aromatic rings. The van der Waals surface area contributed by atoms with E-state index in [0.717, 1.165) is 4.88 Å². The third kappa shape index (κ3) is 3.73. The van der Waals surface area contributed by atoms with Crippen molar-refractivity contribution in [1.82, 2.24) is 4.31 Å². The molecule has 0 aliphatic carbocycles. The first-order chi connectivity index (χ1) is 6.95. The number of sulfonamides is 1. The molecule has 0 aliphatic rings. The zero-order valence-corrected chi connectivity index (χ0v) is 10.7. The molecular formula is C8H13ClN2O2S2. The highest BCUT2D eigenvalue weighted by molar-refractivity contribution is 7.89. The van der Waals surface area contributed by atoms with Gasteiger partial charge in [-0.25, -0.2) is 8.42 Å². The number of nitrogens with zero attached hydrogens (tertiary/aromatic N) is 1. The van der Waals surface area contributed by atoms with Crippen LogP contribution < -0.4 is 5.73 Å². The molecule has 1 heterocycles. The molecule has 0 unspecified atom stereocenters. The lowest BCUT2D eigenvalue weighted by atomic mass is 10.5. The van der Waals surface area contributed by atoms with Gasteiger partial charge in [0.2, 0.25) is 10.0 Å². The summed E-state index contributed by atoms with van der Waals surface area (Å²) >= 11 is 7.13. The topological polar surface area (TPSA) is 63.4 Å². The summed E-state index contributed by atoms with van der Waals surface area (Å²) in [4.78, 5) is 0.920. The summed E-state index contributed by atoms with van der Waals surface area (Å²) in [6, 6.07) is 3.58. The first-order valence-electron chi connectivity index (χ1n) is 4.34. The third-order valence-corrected chi connectivity index (χ3v) is 4.90. The van der Waals surface area contributed by atoms with E-state index in [9.17, 15) is 8.42 Å². The van der Waals surface area contributed by atoms with E-state index < -0.39 is 10.0 Å². The van der Waals surface area contributed by atoms with Crippen molar-refractivity contribution in [2.45, 2.75) is 6.54 Å². The highest BCUT2D eigenvalue weighted by Crippen LogP contribution is 2.22. The van der Waals surface area contributed by atoms with Crippen molar-refractivity contribution in [2.75, 3.05) is 19.3 Å². The molecule has 0 saturated heterocycles. The monoisotopic (exact) mass is 268 g/mol. The van der Waals surface area contributed by atoms with Crippen LogP contribution in [0.3, 0.4) is 0 Å². The zero-order valence-electron chi connectivity index (χ0n) is 8.31. The van der Waals surface area contributed by atoms with E-state index >= 15 is 0 Å². The Balaban J connectivity index is 2.67. The second-order valence-electron chi connectivity index (χ2n) is 3.07. The number of thiophene rings is 1. The molecule has 0 bridgehead atoms. The summed E-state index contributed by atoms with van der Waals surface area (Å²) in [5.74, 6) is -0.0252. The van der Waals surface area contributed by atoms with Gasteiger partial charge in [0.05, 0.1) is 10.1 Å². The van der Waals surface area contributed by atoms with Gasteiger partial charge in [0.15, 0.2) is 0 Å². The molecule has 0 amide bonds. The lowest BCUT2D eigenvalue weighted by Crippen LogP contribution is -2.31. The molecule has 0 atom stereocenters. The fraction of sp³-hybridized carbons (Fsp3) is 0.500. The van der Waals surface area contributed by atoms with Gasteiger partial charge >= 0.3 is 0 Å². The SMILES string of the molecule is CN(Cc1ccc(Cl)s1)S(=O)(=O)CCN. The van der Waals surface area contributed by atoms with Gasteiger partial charge in [-0.2, -0.15) is 4.31 Å². The van der Waals surface area contributed by atoms with E-state index in [1.165, 1.54) is 15.6 Å². The van der Waals surface area contributed by atoms with Crippen molar-refractivity contribution in [3.05, 3.63) is 21.3 Å². The van der Waals surface area contributed by atoms with Gasteiger partial charge in [-0.3, -0.25) is 0 Å². The Morgan fingerprint density at radius 2 is 2.20 bits per heavy atom. The van der Waals surface area contributed by atoms with E-state index in [4.69, 9.17) is 17.3 Å². The van der Waals surface area contributed by atoms with Gasteiger partial charge in [0, 0.05) is 25.0 Å². The Labute approximate surface area is 98.7 Å². The Morgan fingerprint density at radius 1 is 1.53 bits per heavy atom. The third-order valence-electron chi connectivity index (χ3n) is 1.86. The molecule has 86 valence electrons. The minimum Gasteiger partial charge on any atom is -0.329 e. The summed E-state index contributed by atoms with van der Waals surface area (Å²) in [7, 11) is -1.69. The number of halogens is 1. The van der Waals surface area contributed by atoms with E-state index in [1.54, 1.807) is 13.1 Å². The van der Waals surface area contributed by atoms with Gasteiger partial charge in [0.1, 0.15) is 0 Å². The molecule has 0 aliphatic heterocycles. The average Bonchev–Trinajstić information content (AvgIpc) is 2.51. The smallest absolute Gasteiger partial charge is 0.215 e. The molecule has 7 heteroatoms. The highest BCUT2D eigenvalue weighted by atomic mass is 35.5. The summed E-state index contributed by atoms with van der Waals surface area (Å²) in [6.07, 6.45) is 0. The van der Waals surface area contributed by atoms with Crippen LogP contribution in [0.5, 0.6) is 0 Å². The van der Waals surface area contributed by atoms with Crippen molar-refractivity contribution in [3.8, 4) is 0 Å². The maximum atomic E-state index is 11.6. The van der Waals surface area contributed by atoms with Gasteiger partial charge in [0.25, 0.3) is 0 Å². The van der Waals surface area contributed by atoms with Crippen molar-refractivity contribution in [3.63, 3.8) is 0 Å². The Morgan fingerprint density at radius 3 is 2.67 bits per heavy atom. The summed E-state index contributed by atoms with van der Waals surface area (Å²) in [6.45, 7) is 0.484. The fourth-order valence-corrected chi connectivity index (χ4v) is 3.23. The molecule has 4 nitrogen and oxygen atoms in total. The predicted octanol–water partition coefficient (Wildman–Crippen LogP) is 1.12. The molecule has 0 fully saturated rings. The second-order valence-corrected chi connectivity index (χ2v) is 7.06. The number of hydrogen-bond donors (Lipinski definition) is 1. The molecule has 0 aromatic carbocycles. The van der Waals surface area contributed by atoms with Crippen molar-refractivity contribution in [2.24, 2.45) is 5.73 Å². The minimum absolute atomic E-state index is 0.0252. The van der Waals surface area contributed by atoms with Crippen LogP contribution in [0.15, 0.2) is 12.1 Å².